The smallest absolute Gasteiger partial charge is 0.147 e. The van der Waals surface area contributed by atoms with Gasteiger partial charge in [0.05, 0.1) is 18.1 Å². The molecule has 5 heteroatoms. The van der Waals surface area contributed by atoms with Crippen molar-refractivity contribution in [3.8, 4) is 0 Å². The van der Waals surface area contributed by atoms with Gasteiger partial charge in [0.2, 0.25) is 0 Å². The maximum absolute atomic E-state index is 5.52. The third-order valence-corrected chi connectivity index (χ3v) is 4.43. The molecule has 0 spiro atoms. The van der Waals surface area contributed by atoms with Crippen molar-refractivity contribution in [2.45, 2.75) is 31.6 Å². The standard InChI is InChI=1S/C12H20N4S/c1-12(2)3-4-16(5-6-17-12)11-9-14-10(7-13)8-15-11/h8-9H,3-7,13H2,1-2H3. The minimum Gasteiger partial charge on any atom is -0.354 e. The summed E-state index contributed by atoms with van der Waals surface area (Å²) in [5.74, 6) is 2.12. The molecule has 1 aromatic rings. The molecule has 0 radical (unpaired) electrons. The van der Waals surface area contributed by atoms with Crippen molar-refractivity contribution in [3.05, 3.63) is 18.1 Å². The third kappa shape index (κ3) is 3.33. The maximum atomic E-state index is 5.52. The van der Waals surface area contributed by atoms with Crippen LogP contribution in [-0.4, -0.2) is 33.6 Å². The van der Waals surface area contributed by atoms with Crippen LogP contribution in [0.3, 0.4) is 0 Å². The third-order valence-electron chi connectivity index (χ3n) is 3.06. The van der Waals surface area contributed by atoms with Crippen LogP contribution in [-0.2, 0) is 6.54 Å². The summed E-state index contributed by atoms with van der Waals surface area (Å²) >= 11 is 2.04. The van der Waals surface area contributed by atoms with Gasteiger partial charge in [0.1, 0.15) is 5.82 Å². The van der Waals surface area contributed by atoms with Gasteiger partial charge in [0, 0.05) is 30.1 Å². The van der Waals surface area contributed by atoms with Gasteiger partial charge in [-0.25, -0.2) is 4.98 Å². The van der Waals surface area contributed by atoms with Crippen LogP contribution >= 0.6 is 11.8 Å². The molecule has 1 aliphatic rings. The Morgan fingerprint density at radius 1 is 1.35 bits per heavy atom. The van der Waals surface area contributed by atoms with Crippen molar-refractivity contribution >= 4 is 17.6 Å². The van der Waals surface area contributed by atoms with E-state index in [1.165, 1.54) is 6.42 Å². The van der Waals surface area contributed by atoms with Gasteiger partial charge in [-0.1, -0.05) is 13.8 Å². The predicted molar refractivity (Wildman–Crippen MR) is 73.3 cm³/mol. The fourth-order valence-electron chi connectivity index (χ4n) is 1.87. The molecule has 1 saturated heterocycles. The number of hydrogen-bond acceptors (Lipinski definition) is 5. The second kappa shape index (κ2) is 5.23. The molecular formula is C12H20N4S. The molecule has 2 heterocycles. The lowest BCUT2D eigenvalue weighted by atomic mass is 10.1. The van der Waals surface area contributed by atoms with E-state index in [0.717, 1.165) is 30.4 Å². The number of aromatic nitrogens is 2. The molecule has 0 aromatic carbocycles. The highest BCUT2D eigenvalue weighted by molar-refractivity contribution is 8.00. The Morgan fingerprint density at radius 2 is 2.18 bits per heavy atom. The van der Waals surface area contributed by atoms with E-state index in [0.29, 0.717) is 11.3 Å². The number of thioether (sulfide) groups is 1. The summed E-state index contributed by atoms with van der Waals surface area (Å²) < 4.78 is 0.374. The molecule has 0 aliphatic carbocycles. The zero-order valence-corrected chi connectivity index (χ0v) is 11.3. The molecule has 4 nitrogen and oxygen atoms in total. The van der Waals surface area contributed by atoms with Crippen LogP contribution in [0.25, 0.3) is 0 Å². The second-order valence-electron chi connectivity index (χ2n) is 4.92. The van der Waals surface area contributed by atoms with Gasteiger partial charge >= 0.3 is 0 Å². The van der Waals surface area contributed by atoms with Crippen LogP contribution in [0.5, 0.6) is 0 Å². The first-order chi connectivity index (χ1) is 8.11. The molecule has 1 aliphatic heterocycles. The Morgan fingerprint density at radius 3 is 2.82 bits per heavy atom. The van der Waals surface area contributed by atoms with Gasteiger partial charge in [-0.3, -0.25) is 4.98 Å². The SMILES string of the molecule is CC1(C)CCN(c2cnc(CN)cn2)CCS1. The molecule has 0 atom stereocenters. The van der Waals surface area contributed by atoms with Crippen molar-refractivity contribution in [1.29, 1.82) is 0 Å². The van der Waals surface area contributed by atoms with Crippen molar-refractivity contribution < 1.29 is 0 Å². The van der Waals surface area contributed by atoms with E-state index in [4.69, 9.17) is 5.73 Å². The highest BCUT2D eigenvalue weighted by Gasteiger charge is 2.24. The summed E-state index contributed by atoms with van der Waals surface area (Å²) in [5.41, 5.74) is 6.37. The number of hydrogen-bond donors (Lipinski definition) is 1. The van der Waals surface area contributed by atoms with E-state index in [-0.39, 0.29) is 0 Å². The fraction of sp³-hybridized carbons (Fsp3) is 0.667. The van der Waals surface area contributed by atoms with E-state index >= 15 is 0 Å². The second-order valence-corrected chi connectivity index (χ2v) is 6.72. The first-order valence-electron chi connectivity index (χ1n) is 6.01. The van der Waals surface area contributed by atoms with E-state index in [1.54, 1.807) is 6.20 Å². The molecule has 0 amide bonds. The van der Waals surface area contributed by atoms with Crippen molar-refractivity contribution in [2.75, 3.05) is 23.7 Å². The van der Waals surface area contributed by atoms with Crippen molar-refractivity contribution in [1.82, 2.24) is 9.97 Å². The number of anilines is 1. The van der Waals surface area contributed by atoms with E-state index in [1.807, 2.05) is 18.0 Å². The van der Waals surface area contributed by atoms with Gasteiger partial charge in [-0.2, -0.15) is 11.8 Å². The molecule has 1 aromatic heterocycles. The van der Waals surface area contributed by atoms with Gasteiger partial charge in [0.15, 0.2) is 0 Å². The monoisotopic (exact) mass is 252 g/mol. The zero-order chi connectivity index (χ0) is 12.3. The van der Waals surface area contributed by atoms with Gasteiger partial charge in [-0.15, -0.1) is 0 Å². The summed E-state index contributed by atoms with van der Waals surface area (Å²) in [5, 5.41) is 0. The molecule has 17 heavy (non-hydrogen) atoms. The molecular weight excluding hydrogens is 232 g/mol. The summed E-state index contributed by atoms with van der Waals surface area (Å²) in [6.45, 7) is 7.17. The van der Waals surface area contributed by atoms with E-state index in [2.05, 4.69) is 28.7 Å². The van der Waals surface area contributed by atoms with Gasteiger partial charge < -0.3 is 10.6 Å². The van der Waals surface area contributed by atoms with Crippen LogP contribution in [0.4, 0.5) is 5.82 Å². The number of nitrogens with two attached hydrogens (primary N) is 1. The average molecular weight is 252 g/mol. The number of nitrogens with zero attached hydrogens (tertiary/aromatic N) is 3. The topological polar surface area (TPSA) is 55.0 Å². The summed E-state index contributed by atoms with van der Waals surface area (Å²) in [6.07, 6.45) is 4.79. The molecule has 1 fully saturated rings. The van der Waals surface area contributed by atoms with E-state index < -0.39 is 0 Å². The minimum absolute atomic E-state index is 0.374. The molecule has 94 valence electrons. The van der Waals surface area contributed by atoms with Crippen LogP contribution in [0.1, 0.15) is 26.0 Å². The van der Waals surface area contributed by atoms with Crippen LogP contribution in [0.15, 0.2) is 12.4 Å². The predicted octanol–water partition coefficient (Wildman–Crippen LogP) is 1.66. The first-order valence-corrected chi connectivity index (χ1v) is 6.99. The van der Waals surface area contributed by atoms with Crippen LogP contribution in [0, 0.1) is 0 Å². The Bertz CT molecular complexity index is 363. The highest BCUT2D eigenvalue weighted by Crippen LogP contribution is 2.31. The van der Waals surface area contributed by atoms with Crippen molar-refractivity contribution in [3.63, 3.8) is 0 Å². The average Bonchev–Trinajstić information content (AvgIpc) is 2.50. The summed E-state index contributed by atoms with van der Waals surface area (Å²) in [6, 6.07) is 0. The Kier molecular flexibility index (Phi) is 3.89. The first kappa shape index (κ1) is 12.6. The lowest BCUT2D eigenvalue weighted by molar-refractivity contribution is 0.634. The molecule has 0 bridgehead atoms. The molecule has 0 saturated carbocycles. The molecule has 0 unspecified atom stereocenters. The van der Waals surface area contributed by atoms with Gasteiger partial charge in [0.25, 0.3) is 0 Å². The fourth-order valence-corrected chi connectivity index (χ4v) is 2.97. The van der Waals surface area contributed by atoms with Crippen LogP contribution in [0.2, 0.25) is 0 Å². The van der Waals surface area contributed by atoms with Crippen LogP contribution < -0.4 is 10.6 Å². The minimum atomic E-state index is 0.374. The lowest BCUT2D eigenvalue weighted by Gasteiger charge is -2.23. The number of rotatable bonds is 2. The van der Waals surface area contributed by atoms with Crippen molar-refractivity contribution in [2.24, 2.45) is 5.73 Å². The normalized spacial score (nSPS) is 20.1. The maximum Gasteiger partial charge on any atom is 0.147 e. The quantitative estimate of drug-likeness (QED) is 0.867. The highest BCUT2D eigenvalue weighted by atomic mass is 32.2. The molecule has 2 N–H and O–H groups in total. The lowest BCUT2D eigenvalue weighted by Crippen LogP contribution is -2.28. The Hall–Kier alpha value is -0.810. The Labute approximate surface area is 107 Å². The summed E-state index contributed by atoms with van der Waals surface area (Å²) in [7, 11) is 0. The zero-order valence-electron chi connectivity index (χ0n) is 10.5. The van der Waals surface area contributed by atoms with E-state index in [9.17, 15) is 0 Å². The Balaban J connectivity index is 2.06. The summed E-state index contributed by atoms with van der Waals surface area (Å²) in [4.78, 5) is 11.1. The van der Waals surface area contributed by atoms with Gasteiger partial charge in [-0.05, 0) is 6.42 Å². The molecule has 2 rings (SSSR count). The largest absolute Gasteiger partial charge is 0.354 e.